The number of benzene rings is 1. The Morgan fingerprint density at radius 3 is 2.35 bits per heavy atom. The highest BCUT2D eigenvalue weighted by Crippen LogP contribution is 2.30. The quantitative estimate of drug-likeness (QED) is 0.868. The van der Waals surface area contributed by atoms with Crippen LogP contribution in [0.25, 0.3) is 11.0 Å². The number of imidazole rings is 1. The molecule has 1 N–H and O–H groups in total. The lowest BCUT2D eigenvalue weighted by molar-refractivity contribution is -0.137. The van der Waals surface area contributed by atoms with Crippen molar-refractivity contribution in [2.75, 3.05) is 18.0 Å². The second-order valence-electron chi connectivity index (χ2n) is 5.06. The maximum Gasteiger partial charge on any atom is 0.405 e. The molecular weight excluding hydrogens is 328 g/mol. The van der Waals surface area contributed by atoms with Crippen molar-refractivity contribution in [1.82, 2.24) is 9.55 Å². The maximum absolute atomic E-state index is 12.7. The SMILES string of the molecule is Cn1c(=O)[nH]c2cccc(N(CCC(F)(F)F)CC(F)(F)F)c21. The summed E-state index contributed by atoms with van der Waals surface area (Å²) in [7, 11) is 1.33. The fourth-order valence-electron chi connectivity index (χ4n) is 2.30. The fraction of sp³-hybridized carbons (Fsp3) is 0.462. The van der Waals surface area contributed by atoms with Gasteiger partial charge in [-0.05, 0) is 12.1 Å². The summed E-state index contributed by atoms with van der Waals surface area (Å²) in [4.78, 5) is 14.6. The highest BCUT2D eigenvalue weighted by molar-refractivity contribution is 5.89. The van der Waals surface area contributed by atoms with Gasteiger partial charge in [0.25, 0.3) is 0 Å². The van der Waals surface area contributed by atoms with Crippen LogP contribution in [0.15, 0.2) is 23.0 Å². The molecule has 0 radical (unpaired) electrons. The molecule has 23 heavy (non-hydrogen) atoms. The molecule has 0 saturated carbocycles. The third-order valence-electron chi connectivity index (χ3n) is 3.27. The van der Waals surface area contributed by atoms with Crippen LogP contribution in [0.1, 0.15) is 6.42 Å². The molecule has 0 aliphatic heterocycles. The summed E-state index contributed by atoms with van der Waals surface area (Å²) in [6.07, 6.45) is -10.7. The van der Waals surface area contributed by atoms with Crippen molar-refractivity contribution in [1.29, 1.82) is 0 Å². The highest BCUT2D eigenvalue weighted by atomic mass is 19.4. The van der Waals surface area contributed by atoms with Gasteiger partial charge in [0.05, 0.1) is 23.1 Å². The minimum Gasteiger partial charge on any atom is -0.360 e. The van der Waals surface area contributed by atoms with Gasteiger partial charge in [0.15, 0.2) is 0 Å². The van der Waals surface area contributed by atoms with E-state index in [1.165, 1.54) is 25.2 Å². The zero-order valence-corrected chi connectivity index (χ0v) is 11.9. The van der Waals surface area contributed by atoms with Crippen LogP contribution >= 0.6 is 0 Å². The van der Waals surface area contributed by atoms with E-state index in [0.717, 1.165) is 4.57 Å². The summed E-state index contributed by atoms with van der Waals surface area (Å²) in [5, 5.41) is 0. The van der Waals surface area contributed by atoms with E-state index in [0.29, 0.717) is 4.90 Å². The van der Waals surface area contributed by atoms with E-state index in [2.05, 4.69) is 4.98 Å². The number of H-pyrrole nitrogens is 1. The molecule has 0 saturated heterocycles. The Bertz CT molecular complexity index is 743. The van der Waals surface area contributed by atoms with Gasteiger partial charge < -0.3 is 9.88 Å². The van der Waals surface area contributed by atoms with Crippen molar-refractivity contribution in [3.63, 3.8) is 0 Å². The number of nitrogens with one attached hydrogen (secondary N) is 1. The highest BCUT2D eigenvalue weighted by Gasteiger charge is 2.34. The summed E-state index contributed by atoms with van der Waals surface area (Å²) in [5.74, 6) is 0. The minimum atomic E-state index is -4.68. The van der Waals surface area contributed by atoms with Gasteiger partial charge in [0.2, 0.25) is 0 Å². The molecule has 0 fully saturated rings. The number of anilines is 1. The van der Waals surface area contributed by atoms with Gasteiger partial charge in [-0.2, -0.15) is 26.3 Å². The van der Waals surface area contributed by atoms with E-state index in [9.17, 15) is 31.1 Å². The molecule has 1 aromatic heterocycles. The fourth-order valence-corrected chi connectivity index (χ4v) is 2.30. The third-order valence-corrected chi connectivity index (χ3v) is 3.27. The first-order valence-corrected chi connectivity index (χ1v) is 6.54. The number of alkyl halides is 6. The summed E-state index contributed by atoms with van der Waals surface area (Å²) in [6, 6.07) is 4.11. The molecule has 10 heteroatoms. The van der Waals surface area contributed by atoms with E-state index in [1.54, 1.807) is 0 Å². The van der Waals surface area contributed by atoms with Gasteiger partial charge in [-0.25, -0.2) is 4.79 Å². The Morgan fingerprint density at radius 2 is 1.78 bits per heavy atom. The zero-order valence-electron chi connectivity index (χ0n) is 11.9. The number of halogens is 6. The normalized spacial score (nSPS) is 12.8. The predicted octanol–water partition coefficient (Wildman–Crippen LogP) is 3.19. The first-order chi connectivity index (χ1) is 10.5. The average molecular weight is 341 g/mol. The molecule has 2 aromatic rings. The Kier molecular flexibility index (Phi) is 4.36. The second-order valence-corrected chi connectivity index (χ2v) is 5.06. The van der Waals surface area contributed by atoms with Crippen molar-refractivity contribution in [2.45, 2.75) is 18.8 Å². The number of fused-ring (bicyclic) bond motifs is 1. The van der Waals surface area contributed by atoms with E-state index in [1.807, 2.05) is 0 Å². The Hall–Kier alpha value is -2.13. The molecule has 0 atom stereocenters. The van der Waals surface area contributed by atoms with Gasteiger partial charge >= 0.3 is 18.0 Å². The molecule has 0 aliphatic rings. The topological polar surface area (TPSA) is 41.0 Å². The smallest absolute Gasteiger partial charge is 0.360 e. The van der Waals surface area contributed by atoms with Crippen LogP contribution in [0.2, 0.25) is 0 Å². The van der Waals surface area contributed by atoms with Gasteiger partial charge in [-0.1, -0.05) is 6.07 Å². The average Bonchev–Trinajstić information content (AvgIpc) is 2.68. The first kappa shape index (κ1) is 17.2. The number of hydrogen-bond acceptors (Lipinski definition) is 2. The lowest BCUT2D eigenvalue weighted by Gasteiger charge is -2.27. The second kappa shape index (κ2) is 5.82. The summed E-state index contributed by atoms with van der Waals surface area (Å²) >= 11 is 0. The van der Waals surface area contributed by atoms with E-state index in [-0.39, 0.29) is 16.7 Å². The van der Waals surface area contributed by atoms with Gasteiger partial charge in [-0.15, -0.1) is 0 Å². The molecule has 0 aliphatic carbocycles. The molecule has 0 spiro atoms. The number of aromatic nitrogens is 2. The van der Waals surface area contributed by atoms with Crippen molar-refractivity contribution < 1.29 is 26.3 Å². The number of aryl methyl sites for hydroxylation is 1. The monoisotopic (exact) mass is 341 g/mol. The molecule has 0 amide bonds. The number of nitrogens with zero attached hydrogens (tertiary/aromatic N) is 2. The van der Waals surface area contributed by atoms with Crippen LogP contribution in [0.3, 0.4) is 0 Å². The van der Waals surface area contributed by atoms with Crippen molar-refractivity contribution in [3.05, 3.63) is 28.7 Å². The molecule has 0 unspecified atom stereocenters. The van der Waals surface area contributed by atoms with Gasteiger partial charge in [0, 0.05) is 13.6 Å². The van der Waals surface area contributed by atoms with Crippen molar-refractivity contribution >= 4 is 16.7 Å². The van der Waals surface area contributed by atoms with Crippen LogP contribution < -0.4 is 10.6 Å². The molecule has 1 aromatic carbocycles. The van der Waals surface area contributed by atoms with Gasteiger partial charge in [-0.3, -0.25) is 4.57 Å². The number of rotatable bonds is 4. The standard InChI is InChI=1S/C13H13F6N3O/c1-21-10-8(20-11(21)23)3-2-4-9(10)22(7-13(17,18)19)6-5-12(14,15)16/h2-4H,5-7H2,1H3,(H,20,23). The van der Waals surface area contributed by atoms with Crippen LogP contribution in [-0.2, 0) is 7.05 Å². The Labute approximate surface area is 126 Å². The summed E-state index contributed by atoms with van der Waals surface area (Å²) in [5.41, 5.74) is -0.252. The van der Waals surface area contributed by atoms with Gasteiger partial charge in [0.1, 0.15) is 6.54 Å². The predicted molar refractivity (Wildman–Crippen MR) is 72.5 cm³/mol. The molecular formula is C13H13F6N3O. The summed E-state index contributed by atoms with van der Waals surface area (Å²) in [6.45, 7) is -2.40. The lowest BCUT2D eigenvalue weighted by Crippen LogP contribution is -2.37. The van der Waals surface area contributed by atoms with Crippen molar-refractivity contribution in [3.8, 4) is 0 Å². The van der Waals surface area contributed by atoms with E-state index < -0.39 is 37.6 Å². The van der Waals surface area contributed by atoms with Crippen LogP contribution in [0.4, 0.5) is 32.0 Å². The van der Waals surface area contributed by atoms with E-state index >= 15 is 0 Å². The largest absolute Gasteiger partial charge is 0.405 e. The third kappa shape index (κ3) is 4.20. The van der Waals surface area contributed by atoms with Crippen LogP contribution in [0.5, 0.6) is 0 Å². The molecule has 128 valence electrons. The number of aromatic amines is 1. The zero-order chi connectivity index (χ0) is 17.4. The van der Waals surface area contributed by atoms with Crippen LogP contribution in [-0.4, -0.2) is 35.0 Å². The molecule has 2 rings (SSSR count). The first-order valence-electron chi connectivity index (χ1n) is 6.54. The molecule has 1 heterocycles. The lowest BCUT2D eigenvalue weighted by atomic mass is 10.2. The number of para-hydroxylation sites is 1. The van der Waals surface area contributed by atoms with E-state index in [4.69, 9.17) is 0 Å². The Balaban J connectivity index is 2.48. The Morgan fingerprint density at radius 1 is 1.13 bits per heavy atom. The molecule has 0 bridgehead atoms. The minimum absolute atomic E-state index is 0.0788. The van der Waals surface area contributed by atoms with Crippen molar-refractivity contribution in [2.24, 2.45) is 7.05 Å². The molecule has 4 nitrogen and oxygen atoms in total. The van der Waals surface area contributed by atoms with Crippen LogP contribution in [0, 0.1) is 0 Å². The summed E-state index contributed by atoms with van der Waals surface area (Å²) < 4.78 is 76.4. The number of hydrogen-bond donors (Lipinski definition) is 1. The maximum atomic E-state index is 12.7.